The number of benzene rings is 2. The Balaban J connectivity index is 1.83. The number of anilines is 1. The zero-order valence-electron chi connectivity index (χ0n) is 16.7. The maximum Gasteiger partial charge on any atom is 0.282 e. The van der Waals surface area contributed by atoms with Gasteiger partial charge in [-0.1, -0.05) is 23.7 Å². The second-order valence-electron chi connectivity index (χ2n) is 6.85. The number of ether oxygens (including phenoxy) is 3. The van der Waals surface area contributed by atoms with Crippen molar-refractivity contribution in [1.82, 2.24) is 4.90 Å². The molecule has 0 aliphatic carbocycles. The molecular formula is C22H21ClN2O5. The van der Waals surface area contributed by atoms with Crippen molar-refractivity contribution in [3.8, 4) is 11.5 Å². The lowest BCUT2D eigenvalue weighted by molar-refractivity contribution is -0.121. The van der Waals surface area contributed by atoms with Gasteiger partial charge < -0.3 is 19.1 Å². The smallest absolute Gasteiger partial charge is 0.282 e. The molecule has 30 heavy (non-hydrogen) atoms. The number of methoxy groups -OCH3 is 2. The van der Waals surface area contributed by atoms with Gasteiger partial charge in [-0.05, 0) is 17.7 Å². The van der Waals surface area contributed by atoms with Crippen LogP contribution in [0.2, 0.25) is 5.02 Å². The van der Waals surface area contributed by atoms with Gasteiger partial charge in [-0.3, -0.25) is 9.59 Å². The molecule has 4 rings (SSSR count). The third kappa shape index (κ3) is 3.62. The van der Waals surface area contributed by atoms with Crippen LogP contribution in [0, 0.1) is 0 Å². The molecule has 2 aromatic carbocycles. The number of imide groups is 1. The first-order valence-electron chi connectivity index (χ1n) is 9.48. The third-order valence-electron chi connectivity index (χ3n) is 5.11. The molecule has 2 aliphatic rings. The molecule has 0 radical (unpaired) electrons. The Morgan fingerprint density at radius 3 is 2.07 bits per heavy atom. The number of morpholine rings is 1. The predicted octanol–water partition coefficient (Wildman–Crippen LogP) is 2.97. The van der Waals surface area contributed by atoms with Gasteiger partial charge in [0.25, 0.3) is 11.8 Å². The first-order valence-corrected chi connectivity index (χ1v) is 9.86. The van der Waals surface area contributed by atoms with Crippen LogP contribution in [0.5, 0.6) is 11.5 Å². The van der Waals surface area contributed by atoms with Crippen molar-refractivity contribution in [2.45, 2.75) is 0 Å². The van der Waals surface area contributed by atoms with E-state index < -0.39 is 5.91 Å². The molecule has 1 fully saturated rings. The number of halogens is 1. The van der Waals surface area contributed by atoms with Crippen LogP contribution in [0.15, 0.2) is 48.2 Å². The molecular weight excluding hydrogens is 408 g/mol. The molecule has 1 saturated heterocycles. The van der Waals surface area contributed by atoms with E-state index >= 15 is 0 Å². The first kappa shape index (κ1) is 20.3. The highest BCUT2D eigenvalue weighted by atomic mass is 35.5. The lowest BCUT2D eigenvalue weighted by Crippen LogP contribution is -2.40. The van der Waals surface area contributed by atoms with Gasteiger partial charge in [0.1, 0.15) is 17.2 Å². The molecule has 2 aromatic rings. The summed E-state index contributed by atoms with van der Waals surface area (Å²) in [6, 6.07) is 11.9. The van der Waals surface area contributed by atoms with Crippen molar-refractivity contribution in [2.24, 2.45) is 0 Å². The number of rotatable bonds is 5. The van der Waals surface area contributed by atoms with E-state index in [1.807, 2.05) is 4.90 Å². The molecule has 8 heteroatoms. The van der Waals surface area contributed by atoms with Crippen LogP contribution in [0.1, 0.15) is 5.56 Å². The number of hydrogen-bond donors (Lipinski definition) is 0. The number of amides is 2. The lowest BCUT2D eigenvalue weighted by atomic mass is 10.0. The van der Waals surface area contributed by atoms with Gasteiger partial charge in [-0.2, -0.15) is 0 Å². The van der Waals surface area contributed by atoms with E-state index in [1.54, 1.807) is 42.5 Å². The largest absolute Gasteiger partial charge is 0.497 e. The Morgan fingerprint density at radius 1 is 0.900 bits per heavy atom. The second kappa shape index (κ2) is 8.38. The minimum absolute atomic E-state index is 0.348. The molecule has 0 bridgehead atoms. The normalized spacial score (nSPS) is 17.0. The maximum atomic E-state index is 13.5. The minimum Gasteiger partial charge on any atom is -0.497 e. The van der Waals surface area contributed by atoms with Gasteiger partial charge in [0.2, 0.25) is 0 Å². The molecule has 0 saturated carbocycles. The van der Waals surface area contributed by atoms with Crippen molar-refractivity contribution < 1.29 is 23.8 Å². The summed E-state index contributed by atoms with van der Waals surface area (Å²) in [5, 5.41) is 0.554. The maximum absolute atomic E-state index is 13.5. The van der Waals surface area contributed by atoms with Crippen molar-refractivity contribution >= 4 is 34.7 Å². The van der Waals surface area contributed by atoms with Gasteiger partial charge in [0.15, 0.2) is 0 Å². The van der Waals surface area contributed by atoms with Crippen molar-refractivity contribution in [3.63, 3.8) is 0 Å². The molecule has 0 atom stereocenters. The van der Waals surface area contributed by atoms with Crippen LogP contribution in [-0.4, -0.2) is 57.2 Å². The molecule has 2 heterocycles. The zero-order chi connectivity index (χ0) is 21.3. The Hall–Kier alpha value is -3.03. The number of nitrogens with zero attached hydrogens (tertiary/aromatic N) is 2. The summed E-state index contributed by atoms with van der Waals surface area (Å²) < 4.78 is 16.0. The summed E-state index contributed by atoms with van der Waals surface area (Å²) in [4.78, 5) is 30.1. The SMILES string of the molecule is COc1cc(OC)cc(N2C(=O)C(c3ccc(Cl)cc3)=C(N3CCOCC3)C2=O)c1. The fraction of sp³-hybridized carbons (Fsp3) is 0.273. The van der Waals surface area contributed by atoms with Crippen molar-refractivity contribution in [3.05, 3.63) is 58.7 Å². The predicted molar refractivity (Wildman–Crippen MR) is 113 cm³/mol. The first-order chi connectivity index (χ1) is 14.5. The topological polar surface area (TPSA) is 68.3 Å². The van der Waals surface area contributed by atoms with Gasteiger partial charge in [0.05, 0.1) is 38.7 Å². The van der Waals surface area contributed by atoms with E-state index in [1.165, 1.54) is 19.1 Å². The molecule has 2 aliphatic heterocycles. The van der Waals surface area contributed by atoms with Crippen LogP contribution in [0.3, 0.4) is 0 Å². The van der Waals surface area contributed by atoms with Crippen LogP contribution < -0.4 is 14.4 Å². The second-order valence-corrected chi connectivity index (χ2v) is 7.28. The molecule has 7 nitrogen and oxygen atoms in total. The molecule has 2 amide bonds. The average molecular weight is 429 g/mol. The lowest BCUT2D eigenvalue weighted by Gasteiger charge is -2.29. The summed E-state index contributed by atoms with van der Waals surface area (Å²) >= 11 is 6.03. The number of carbonyl (C=O) groups excluding carboxylic acids is 2. The Morgan fingerprint density at radius 2 is 1.50 bits per heavy atom. The molecule has 0 spiro atoms. The summed E-state index contributed by atoms with van der Waals surface area (Å²) in [5.74, 6) is 0.178. The van der Waals surface area contributed by atoms with Crippen LogP contribution in [0.25, 0.3) is 5.57 Å². The molecule has 0 aromatic heterocycles. The van der Waals surface area contributed by atoms with E-state index in [2.05, 4.69) is 0 Å². The highest BCUT2D eigenvalue weighted by Crippen LogP contribution is 2.38. The van der Waals surface area contributed by atoms with Crippen molar-refractivity contribution in [2.75, 3.05) is 45.4 Å². The fourth-order valence-corrected chi connectivity index (χ4v) is 3.76. The summed E-state index contributed by atoms with van der Waals surface area (Å²) in [5.41, 5.74) is 1.74. The average Bonchev–Trinajstić information content (AvgIpc) is 3.04. The zero-order valence-corrected chi connectivity index (χ0v) is 17.4. The van der Waals surface area contributed by atoms with Crippen molar-refractivity contribution in [1.29, 1.82) is 0 Å². The molecule has 0 N–H and O–H groups in total. The highest BCUT2D eigenvalue weighted by molar-refractivity contribution is 6.45. The standard InChI is InChI=1S/C22H21ClN2O5/c1-28-17-11-16(12-18(13-17)29-2)25-21(26)19(14-3-5-15(23)6-4-14)20(22(25)27)24-7-9-30-10-8-24/h3-6,11-13H,7-10H2,1-2H3. The minimum atomic E-state index is -0.404. The highest BCUT2D eigenvalue weighted by Gasteiger charge is 2.43. The van der Waals surface area contributed by atoms with Gasteiger partial charge in [-0.25, -0.2) is 4.90 Å². The van der Waals surface area contributed by atoms with E-state index in [9.17, 15) is 9.59 Å². The summed E-state index contributed by atoms with van der Waals surface area (Å²) in [6.45, 7) is 2.04. The molecule has 0 unspecified atom stereocenters. The quantitative estimate of drug-likeness (QED) is 0.682. The van der Waals surface area contributed by atoms with E-state index in [0.29, 0.717) is 65.3 Å². The monoisotopic (exact) mass is 428 g/mol. The Kier molecular flexibility index (Phi) is 5.65. The van der Waals surface area contributed by atoms with Gasteiger partial charge >= 0.3 is 0 Å². The van der Waals surface area contributed by atoms with Gasteiger partial charge in [0, 0.05) is 36.3 Å². The van der Waals surface area contributed by atoms with Crippen LogP contribution >= 0.6 is 11.6 Å². The third-order valence-corrected chi connectivity index (χ3v) is 5.37. The van der Waals surface area contributed by atoms with E-state index in [0.717, 1.165) is 0 Å². The van der Waals surface area contributed by atoms with E-state index in [-0.39, 0.29) is 5.91 Å². The Bertz CT molecular complexity index is 990. The number of carbonyl (C=O) groups is 2. The Labute approximate surface area is 179 Å². The van der Waals surface area contributed by atoms with E-state index in [4.69, 9.17) is 25.8 Å². The summed E-state index contributed by atoms with van der Waals surface area (Å²) in [6.07, 6.45) is 0. The van der Waals surface area contributed by atoms with Gasteiger partial charge in [-0.15, -0.1) is 0 Å². The van der Waals surface area contributed by atoms with Crippen LogP contribution in [0.4, 0.5) is 5.69 Å². The number of hydrogen-bond acceptors (Lipinski definition) is 6. The molecule has 156 valence electrons. The van der Waals surface area contributed by atoms with Crippen LogP contribution in [-0.2, 0) is 14.3 Å². The summed E-state index contributed by atoms with van der Waals surface area (Å²) in [7, 11) is 3.03. The fourth-order valence-electron chi connectivity index (χ4n) is 3.63.